The minimum atomic E-state index is -0.921. The van der Waals surface area contributed by atoms with Gasteiger partial charge in [0.2, 0.25) is 0 Å². The second kappa shape index (κ2) is 10.2. The molecule has 0 atom stereocenters. The van der Waals surface area contributed by atoms with Gasteiger partial charge in [0.05, 0.1) is 18.8 Å². The Kier molecular flexibility index (Phi) is 7.33. The number of aryl methyl sites for hydroxylation is 1. The Morgan fingerprint density at radius 2 is 1.73 bits per heavy atom. The van der Waals surface area contributed by atoms with Crippen LogP contribution in [-0.4, -0.2) is 63.2 Å². The van der Waals surface area contributed by atoms with E-state index in [0.29, 0.717) is 11.3 Å². The lowest BCUT2D eigenvalue weighted by Gasteiger charge is -2.07. The fourth-order valence-corrected chi connectivity index (χ4v) is 3.90. The van der Waals surface area contributed by atoms with Gasteiger partial charge in [0.25, 0.3) is 17.5 Å². The van der Waals surface area contributed by atoms with Crippen molar-refractivity contribution in [2.75, 3.05) is 25.1 Å². The Labute approximate surface area is 191 Å². The molecular weight excluding hydrogens is 454 g/mol. The van der Waals surface area contributed by atoms with Gasteiger partial charge in [0.1, 0.15) is 9.88 Å². The molecule has 0 saturated carbocycles. The second-order valence-electron chi connectivity index (χ2n) is 6.56. The normalized spacial score (nSPS) is 10.7. The summed E-state index contributed by atoms with van der Waals surface area (Å²) in [6.07, 6.45) is 1.52. The van der Waals surface area contributed by atoms with Gasteiger partial charge in [-0.15, -0.1) is 16.4 Å². The number of aromatic nitrogens is 4. The quantitative estimate of drug-likeness (QED) is 0.378. The second-order valence-corrected chi connectivity index (χ2v) is 7.58. The number of carbonyl (C=O) groups is 4. The van der Waals surface area contributed by atoms with Crippen LogP contribution in [0.1, 0.15) is 55.8 Å². The molecule has 33 heavy (non-hydrogen) atoms. The minimum absolute atomic E-state index is 0.0353. The molecule has 0 unspecified atom stereocenters. The van der Waals surface area contributed by atoms with Crippen molar-refractivity contribution in [1.82, 2.24) is 19.6 Å². The first kappa shape index (κ1) is 23.8. The smallest absolute Gasteiger partial charge is 0.378 e. The summed E-state index contributed by atoms with van der Waals surface area (Å²) in [7, 11) is 0. The van der Waals surface area contributed by atoms with Gasteiger partial charge in [-0.3, -0.25) is 4.79 Å². The van der Waals surface area contributed by atoms with Crippen molar-refractivity contribution in [1.29, 1.82) is 0 Å². The first-order chi connectivity index (χ1) is 15.8. The van der Waals surface area contributed by atoms with Gasteiger partial charge in [0.15, 0.2) is 6.61 Å². The third-order valence-corrected chi connectivity index (χ3v) is 5.47. The van der Waals surface area contributed by atoms with Crippen molar-refractivity contribution >= 4 is 45.9 Å². The molecule has 0 aliphatic rings. The zero-order chi connectivity index (χ0) is 24.1. The number of thiophene rings is 1. The SMILES string of the molecule is CCOC(=O)c1sc(NC(=O)COC(=O)c2nc3nccc(C)n3n2)c(C(=O)OCC)c1C. The van der Waals surface area contributed by atoms with E-state index in [1.54, 1.807) is 33.8 Å². The molecule has 0 aliphatic carbocycles. The lowest BCUT2D eigenvalue weighted by Crippen LogP contribution is -2.22. The maximum absolute atomic E-state index is 12.4. The van der Waals surface area contributed by atoms with Crippen molar-refractivity contribution in [3.63, 3.8) is 0 Å². The first-order valence-electron chi connectivity index (χ1n) is 9.89. The predicted octanol–water partition coefficient (Wildman–Crippen LogP) is 1.95. The maximum Gasteiger partial charge on any atom is 0.378 e. The Bertz CT molecular complexity index is 1230. The number of hydrogen-bond donors (Lipinski definition) is 1. The van der Waals surface area contributed by atoms with Crippen LogP contribution >= 0.6 is 11.3 Å². The molecule has 3 heterocycles. The Morgan fingerprint density at radius 1 is 1.03 bits per heavy atom. The summed E-state index contributed by atoms with van der Waals surface area (Å²) in [5, 5.41) is 6.58. The zero-order valence-electron chi connectivity index (χ0n) is 18.3. The van der Waals surface area contributed by atoms with E-state index in [1.165, 1.54) is 10.7 Å². The zero-order valence-corrected chi connectivity index (χ0v) is 19.1. The molecule has 0 spiro atoms. The summed E-state index contributed by atoms with van der Waals surface area (Å²) < 4.78 is 16.4. The number of amides is 1. The standard InChI is InChI=1S/C20H21N5O7S/c1-5-30-17(27)13-11(4)14(18(28)31-6-2)33-16(13)22-12(26)9-32-19(29)15-23-20-21-8-7-10(3)25(20)24-15/h7-8H,5-6,9H2,1-4H3,(H,22,26). The number of hydrogen-bond acceptors (Lipinski definition) is 11. The highest BCUT2D eigenvalue weighted by Gasteiger charge is 2.27. The van der Waals surface area contributed by atoms with E-state index in [1.807, 2.05) is 0 Å². The minimum Gasteiger partial charge on any atom is -0.462 e. The molecule has 0 fully saturated rings. The Morgan fingerprint density at radius 3 is 2.39 bits per heavy atom. The third-order valence-electron chi connectivity index (χ3n) is 4.29. The summed E-state index contributed by atoms with van der Waals surface area (Å²) in [4.78, 5) is 57.4. The number of esters is 3. The van der Waals surface area contributed by atoms with E-state index < -0.39 is 30.4 Å². The fourth-order valence-electron chi connectivity index (χ4n) is 2.79. The molecule has 13 heteroatoms. The van der Waals surface area contributed by atoms with Crippen LogP contribution in [0.4, 0.5) is 5.00 Å². The summed E-state index contributed by atoms with van der Waals surface area (Å²) in [5.41, 5.74) is 1.07. The average molecular weight is 475 g/mol. The van der Waals surface area contributed by atoms with Gasteiger partial charge < -0.3 is 19.5 Å². The van der Waals surface area contributed by atoms with Gasteiger partial charge in [0, 0.05) is 11.9 Å². The van der Waals surface area contributed by atoms with Gasteiger partial charge in [-0.1, -0.05) is 0 Å². The number of anilines is 1. The highest BCUT2D eigenvalue weighted by molar-refractivity contribution is 7.18. The van der Waals surface area contributed by atoms with Gasteiger partial charge in [-0.05, 0) is 39.3 Å². The molecule has 3 aromatic rings. The Hall–Kier alpha value is -3.87. The number of nitrogens with one attached hydrogen (secondary N) is 1. The van der Waals surface area contributed by atoms with E-state index in [4.69, 9.17) is 14.2 Å². The molecule has 0 radical (unpaired) electrons. The molecule has 1 amide bonds. The van der Waals surface area contributed by atoms with E-state index in [9.17, 15) is 19.2 Å². The van der Waals surface area contributed by atoms with Crippen LogP contribution < -0.4 is 5.32 Å². The molecule has 0 aliphatic heterocycles. The van der Waals surface area contributed by atoms with Crippen molar-refractivity contribution in [2.24, 2.45) is 0 Å². The molecule has 0 bridgehead atoms. The van der Waals surface area contributed by atoms with E-state index in [-0.39, 0.29) is 40.3 Å². The molecule has 3 aromatic heterocycles. The van der Waals surface area contributed by atoms with Crippen LogP contribution in [0.25, 0.3) is 5.78 Å². The molecular formula is C20H21N5O7S. The van der Waals surface area contributed by atoms with Gasteiger partial charge in [-0.25, -0.2) is 23.9 Å². The van der Waals surface area contributed by atoms with E-state index >= 15 is 0 Å². The molecule has 174 valence electrons. The van der Waals surface area contributed by atoms with Crippen LogP contribution in [0.2, 0.25) is 0 Å². The van der Waals surface area contributed by atoms with Crippen molar-refractivity contribution in [2.45, 2.75) is 27.7 Å². The number of fused-ring (bicyclic) bond motifs is 1. The first-order valence-corrected chi connectivity index (χ1v) is 10.7. The van der Waals surface area contributed by atoms with Crippen molar-refractivity contribution < 1.29 is 33.4 Å². The fraction of sp³-hybridized carbons (Fsp3) is 0.350. The number of rotatable bonds is 8. The van der Waals surface area contributed by atoms with Gasteiger partial charge >= 0.3 is 17.9 Å². The highest BCUT2D eigenvalue weighted by Crippen LogP contribution is 2.34. The average Bonchev–Trinajstić information content (AvgIpc) is 3.35. The largest absolute Gasteiger partial charge is 0.462 e. The van der Waals surface area contributed by atoms with E-state index in [0.717, 1.165) is 11.3 Å². The lowest BCUT2D eigenvalue weighted by molar-refractivity contribution is -0.119. The van der Waals surface area contributed by atoms with Crippen LogP contribution in [0.15, 0.2) is 12.3 Å². The monoisotopic (exact) mass is 475 g/mol. The number of nitrogens with zero attached hydrogens (tertiary/aromatic N) is 4. The Balaban J connectivity index is 1.73. The topological polar surface area (TPSA) is 151 Å². The van der Waals surface area contributed by atoms with Gasteiger partial charge in [-0.2, -0.15) is 4.98 Å². The molecule has 0 saturated heterocycles. The highest BCUT2D eigenvalue weighted by atomic mass is 32.1. The molecule has 12 nitrogen and oxygen atoms in total. The van der Waals surface area contributed by atoms with Crippen LogP contribution in [0, 0.1) is 13.8 Å². The van der Waals surface area contributed by atoms with Crippen LogP contribution in [0.5, 0.6) is 0 Å². The predicted molar refractivity (Wildman–Crippen MR) is 115 cm³/mol. The molecule has 1 N–H and O–H groups in total. The van der Waals surface area contributed by atoms with Crippen molar-refractivity contribution in [3.8, 4) is 0 Å². The van der Waals surface area contributed by atoms with E-state index in [2.05, 4.69) is 20.4 Å². The number of carbonyl (C=O) groups excluding carboxylic acids is 4. The summed E-state index contributed by atoms with van der Waals surface area (Å²) in [6, 6.07) is 1.69. The summed E-state index contributed by atoms with van der Waals surface area (Å²) >= 11 is 0.868. The van der Waals surface area contributed by atoms with Crippen molar-refractivity contribution in [3.05, 3.63) is 39.8 Å². The summed E-state index contributed by atoms with van der Waals surface area (Å²) in [6.45, 7) is 6.18. The molecule has 0 aromatic carbocycles. The number of ether oxygens (including phenoxy) is 3. The van der Waals surface area contributed by atoms with Crippen LogP contribution in [0.3, 0.4) is 0 Å². The lowest BCUT2D eigenvalue weighted by atomic mass is 10.1. The molecule has 3 rings (SSSR count). The van der Waals surface area contributed by atoms with Crippen LogP contribution in [-0.2, 0) is 19.0 Å². The third kappa shape index (κ3) is 5.14. The summed E-state index contributed by atoms with van der Waals surface area (Å²) in [5.74, 6) is -3.02. The maximum atomic E-state index is 12.4.